The van der Waals surface area contributed by atoms with Crippen LogP contribution >= 0.6 is 0 Å². The number of nitrogens with one attached hydrogen (secondary N) is 1. The average Bonchev–Trinajstić information content (AvgIpc) is 2.77. The van der Waals surface area contributed by atoms with Gasteiger partial charge in [0.2, 0.25) is 5.92 Å². The Balaban J connectivity index is 1.67. The van der Waals surface area contributed by atoms with Crippen LogP contribution in [0.2, 0.25) is 0 Å². The van der Waals surface area contributed by atoms with Gasteiger partial charge in [-0.05, 0) is 44.4 Å². The van der Waals surface area contributed by atoms with Crippen LogP contribution in [0, 0.1) is 5.92 Å². The fraction of sp³-hybridized carbons (Fsp3) is 0.941. The highest BCUT2D eigenvalue weighted by molar-refractivity contribution is 5.74. The number of ether oxygens (including phenoxy) is 1. The predicted octanol–water partition coefficient (Wildman–Crippen LogP) is 3.80. The minimum Gasteiger partial charge on any atom is -0.378 e. The van der Waals surface area contributed by atoms with Gasteiger partial charge in [0.05, 0.1) is 6.10 Å². The third kappa shape index (κ3) is 6.24. The maximum Gasteiger partial charge on any atom is 0.317 e. The molecule has 4 nitrogen and oxygen atoms in total. The maximum absolute atomic E-state index is 13.1. The molecule has 1 N–H and O–H groups in total. The molecule has 2 aliphatic rings. The van der Waals surface area contributed by atoms with E-state index in [0.29, 0.717) is 25.9 Å². The summed E-state index contributed by atoms with van der Waals surface area (Å²) in [5.74, 6) is -2.31. The van der Waals surface area contributed by atoms with Gasteiger partial charge < -0.3 is 15.0 Å². The molecule has 1 saturated carbocycles. The molecular formula is C17H30F2N2O2. The number of urea groups is 1. The van der Waals surface area contributed by atoms with Gasteiger partial charge in [-0.25, -0.2) is 13.6 Å². The largest absolute Gasteiger partial charge is 0.378 e. The molecule has 1 atom stereocenters. The van der Waals surface area contributed by atoms with Crippen LogP contribution < -0.4 is 5.32 Å². The third-order valence-corrected chi connectivity index (χ3v) is 4.90. The number of amides is 2. The zero-order valence-corrected chi connectivity index (χ0v) is 14.2. The van der Waals surface area contributed by atoms with E-state index in [1.165, 1.54) is 0 Å². The Bertz CT molecular complexity index is 370. The minimum absolute atomic E-state index is 0.0479. The van der Waals surface area contributed by atoms with E-state index in [1.54, 1.807) is 0 Å². The second-order valence-corrected chi connectivity index (χ2v) is 6.90. The fourth-order valence-corrected chi connectivity index (χ4v) is 3.37. The van der Waals surface area contributed by atoms with Crippen molar-refractivity contribution in [1.82, 2.24) is 10.2 Å². The molecule has 0 unspecified atom stereocenters. The Morgan fingerprint density at radius 2 is 1.96 bits per heavy atom. The molecule has 1 aliphatic heterocycles. The summed E-state index contributed by atoms with van der Waals surface area (Å²) >= 11 is 0. The molecule has 0 bridgehead atoms. The van der Waals surface area contributed by atoms with Crippen molar-refractivity contribution >= 4 is 6.03 Å². The van der Waals surface area contributed by atoms with Crippen molar-refractivity contribution in [2.24, 2.45) is 5.92 Å². The van der Waals surface area contributed by atoms with Crippen LogP contribution in [-0.2, 0) is 4.74 Å². The molecule has 0 aromatic rings. The molecule has 134 valence electrons. The molecular weight excluding hydrogens is 302 g/mol. The summed E-state index contributed by atoms with van der Waals surface area (Å²) in [6.45, 7) is 4.85. The van der Waals surface area contributed by atoms with Crippen LogP contribution in [0.25, 0.3) is 0 Å². The van der Waals surface area contributed by atoms with Gasteiger partial charge in [-0.1, -0.05) is 6.92 Å². The lowest BCUT2D eigenvalue weighted by Gasteiger charge is -2.29. The van der Waals surface area contributed by atoms with Crippen LogP contribution in [0.1, 0.15) is 58.3 Å². The number of carbonyl (C=O) groups excluding carboxylic acids is 1. The number of alkyl halides is 2. The van der Waals surface area contributed by atoms with Crippen LogP contribution in [0.4, 0.5) is 13.6 Å². The Morgan fingerprint density at radius 1 is 1.22 bits per heavy atom. The molecule has 0 spiro atoms. The average molecular weight is 332 g/mol. The lowest BCUT2D eigenvalue weighted by atomic mass is 9.87. The molecule has 2 amide bonds. The van der Waals surface area contributed by atoms with Gasteiger partial charge in [-0.3, -0.25) is 0 Å². The lowest BCUT2D eigenvalue weighted by molar-refractivity contribution is -0.0452. The van der Waals surface area contributed by atoms with Crippen LogP contribution in [0.3, 0.4) is 0 Å². The molecule has 2 rings (SSSR count). The Morgan fingerprint density at radius 3 is 2.65 bits per heavy atom. The Kier molecular flexibility index (Phi) is 7.06. The Labute approximate surface area is 137 Å². The van der Waals surface area contributed by atoms with E-state index >= 15 is 0 Å². The van der Waals surface area contributed by atoms with E-state index in [-0.39, 0.29) is 30.9 Å². The summed E-state index contributed by atoms with van der Waals surface area (Å²) in [5.41, 5.74) is 0. The first-order valence-electron chi connectivity index (χ1n) is 9.02. The summed E-state index contributed by atoms with van der Waals surface area (Å²) in [4.78, 5) is 14.1. The van der Waals surface area contributed by atoms with Crippen molar-refractivity contribution in [3.63, 3.8) is 0 Å². The standard InChI is InChI=1S/C17H30F2N2O2/c1-2-12-23-15-4-3-10-21(11-7-15)16(22)20-13-14-5-8-17(18,19)9-6-14/h14-15H,2-13H2,1H3,(H,20,22)/t15-/m1/s1. The van der Waals surface area contributed by atoms with Crippen molar-refractivity contribution in [2.45, 2.75) is 70.3 Å². The zero-order valence-electron chi connectivity index (χ0n) is 14.2. The van der Waals surface area contributed by atoms with Crippen molar-refractivity contribution in [3.05, 3.63) is 0 Å². The second kappa shape index (κ2) is 8.81. The molecule has 1 heterocycles. The number of carbonyl (C=O) groups is 1. The number of hydrogen-bond acceptors (Lipinski definition) is 2. The number of hydrogen-bond donors (Lipinski definition) is 1. The van der Waals surface area contributed by atoms with Gasteiger partial charge in [0.1, 0.15) is 0 Å². The first kappa shape index (κ1) is 18.4. The van der Waals surface area contributed by atoms with Crippen LogP contribution in [0.5, 0.6) is 0 Å². The topological polar surface area (TPSA) is 41.6 Å². The summed E-state index contributed by atoms with van der Waals surface area (Å²) < 4.78 is 32.0. The molecule has 1 saturated heterocycles. The van der Waals surface area contributed by atoms with E-state index in [4.69, 9.17) is 4.74 Å². The predicted molar refractivity (Wildman–Crippen MR) is 85.8 cm³/mol. The fourth-order valence-electron chi connectivity index (χ4n) is 3.37. The third-order valence-electron chi connectivity index (χ3n) is 4.90. The van der Waals surface area contributed by atoms with E-state index in [1.807, 2.05) is 4.90 Å². The van der Waals surface area contributed by atoms with Gasteiger partial charge in [0.15, 0.2) is 0 Å². The minimum atomic E-state index is -2.50. The summed E-state index contributed by atoms with van der Waals surface area (Å²) in [5, 5.41) is 2.94. The first-order valence-corrected chi connectivity index (χ1v) is 9.02. The number of rotatable bonds is 5. The van der Waals surface area contributed by atoms with Gasteiger partial charge in [0, 0.05) is 39.1 Å². The van der Waals surface area contributed by atoms with E-state index in [0.717, 1.165) is 38.8 Å². The van der Waals surface area contributed by atoms with Crippen molar-refractivity contribution in [1.29, 1.82) is 0 Å². The first-order chi connectivity index (χ1) is 11.0. The van der Waals surface area contributed by atoms with Gasteiger partial charge in [0.25, 0.3) is 0 Å². The zero-order chi connectivity index (χ0) is 16.7. The monoisotopic (exact) mass is 332 g/mol. The summed E-state index contributed by atoms with van der Waals surface area (Å²) in [6, 6.07) is -0.0570. The summed E-state index contributed by atoms with van der Waals surface area (Å²) in [7, 11) is 0. The maximum atomic E-state index is 13.1. The van der Waals surface area contributed by atoms with Gasteiger partial charge >= 0.3 is 6.03 Å². The van der Waals surface area contributed by atoms with Crippen molar-refractivity contribution in [2.75, 3.05) is 26.2 Å². The molecule has 0 radical (unpaired) electrons. The highest BCUT2D eigenvalue weighted by atomic mass is 19.3. The van der Waals surface area contributed by atoms with Crippen LogP contribution in [-0.4, -0.2) is 49.2 Å². The Hall–Kier alpha value is -0.910. The summed E-state index contributed by atoms with van der Waals surface area (Å²) in [6.07, 6.45) is 5.01. The highest BCUT2D eigenvalue weighted by Crippen LogP contribution is 2.35. The molecule has 0 aromatic carbocycles. The van der Waals surface area contributed by atoms with Gasteiger partial charge in [-0.15, -0.1) is 0 Å². The van der Waals surface area contributed by atoms with Crippen molar-refractivity contribution < 1.29 is 18.3 Å². The van der Waals surface area contributed by atoms with E-state index in [2.05, 4.69) is 12.2 Å². The smallest absolute Gasteiger partial charge is 0.317 e. The number of likely N-dealkylation sites (tertiary alicyclic amines) is 1. The molecule has 0 aromatic heterocycles. The van der Waals surface area contributed by atoms with E-state index < -0.39 is 5.92 Å². The van der Waals surface area contributed by atoms with Crippen LogP contribution in [0.15, 0.2) is 0 Å². The molecule has 1 aliphatic carbocycles. The highest BCUT2D eigenvalue weighted by Gasteiger charge is 2.35. The normalized spacial score (nSPS) is 25.9. The molecule has 23 heavy (non-hydrogen) atoms. The molecule has 6 heteroatoms. The van der Waals surface area contributed by atoms with Gasteiger partial charge in [-0.2, -0.15) is 0 Å². The molecule has 2 fully saturated rings. The lowest BCUT2D eigenvalue weighted by Crippen LogP contribution is -2.43. The number of halogens is 2. The quantitative estimate of drug-likeness (QED) is 0.832. The second-order valence-electron chi connectivity index (χ2n) is 6.90. The van der Waals surface area contributed by atoms with Crippen molar-refractivity contribution in [3.8, 4) is 0 Å². The van der Waals surface area contributed by atoms with E-state index in [9.17, 15) is 13.6 Å². The number of nitrogens with zero attached hydrogens (tertiary/aromatic N) is 1. The SMILES string of the molecule is CCCO[C@@H]1CCCN(C(=O)NCC2CCC(F)(F)CC2)CC1.